The summed E-state index contributed by atoms with van der Waals surface area (Å²) in [4.78, 5) is 0. The van der Waals surface area contributed by atoms with E-state index in [1.807, 2.05) is 30.3 Å². The standard InChI is InChI=1S/C32H33N3O/c1-3-17-34-21-29-15-16-30(19-32(29)36-23-26-10-7-9-25(18-26)20-33)35-22-28-13-8-14-31(24(28)2)27-11-5-4-6-12-27/h4-16,18-19,34-35H,3,17,21-23H2,1-2H3. The molecule has 4 aromatic carbocycles. The van der Waals surface area contributed by atoms with E-state index in [-0.39, 0.29) is 0 Å². The molecule has 4 aromatic rings. The Morgan fingerprint density at radius 2 is 1.67 bits per heavy atom. The maximum absolute atomic E-state index is 9.20. The van der Waals surface area contributed by atoms with Crippen molar-refractivity contribution in [2.75, 3.05) is 11.9 Å². The number of hydrogen-bond acceptors (Lipinski definition) is 4. The first-order valence-corrected chi connectivity index (χ1v) is 12.5. The predicted molar refractivity (Wildman–Crippen MR) is 148 cm³/mol. The Morgan fingerprint density at radius 3 is 2.47 bits per heavy atom. The average molecular weight is 476 g/mol. The SMILES string of the molecule is CCCNCc1ccc(NCc2cccc(-c3ccccc3)c2C)cc1OCc1cccc(C#N)c1. The van der Waals surface area contributed by atoms with Gasteiger partial charge in [-0.2, -0.15) is 5.26 Å². The van der Waals surface area contributed by atoms with E-state index in [0.29, 0.717) is 12.2 Å². The summed E-state index contributed by atoms with van der Waals surface area (Å²) in [5.74, 6) is 0.848. The molecule has 0 aliphatic carbocycles. The molecule has 0 bridgehead atoms. The first kappa shape index (κ1) is 25.0. The van der Waals surface area contributed by atoms with Gasteiger partial charge in [-0.05, 0) is 65.9 Å². The lowest BCUT2D eigenvalue weighted by Crippen LogP contribution is -2.15. The van der Waals surface area contributed by atoms with E-state index in [2.05, 4.69) is 91.2 Å². The number of nitrogens with zero attached hydrogens (tertiary/aromatic N) is 1. The first-order chi connectivity index (χ1) is 17.7. The molecule has 0 aromatic heterocycles. The molecule has 0 atom stereocenters. The van der Waals surface area contributed by atoms with E-state index in [0.717, 1.165) is 48.6 Å². The van der Waals surface area contributed by atoms with Crippen molar-refractivity contribution in [1.29, 1.82) is 5.26 Å². The van der Waals surface area contributed by atoms with Crippen LogP contribution < -0.4 is 15.4 Å². The van der Waals surface area contributed by atoms with Crippen molar-refractivity contribution in [2.45, 2.75) is 40.0 Å². The van der Waals surface area contributed by atoms with Crippen LogP contribution in [0.1, 0.15) is 41.2 Å². The quantitative estimate of drug-likeness (QED) is 0.225. The third-order valence-corrected chi connectivity index (χ3v) is 6.27. The molecule has 0 saturated heterocycles. The lowest BCUT2D eigenvalue weighted by Gasteiger charge is -2.16. The maximum atomic E-state index is 9.20. The lowest BCUT2D eigenvalue weighted by atomic mass is 9.96. The number of hydrogen-bond donors (Lipinski definition) is 2. The summed E-state index contributed by atoms with van der Waals surface area (Å²) < 4.78 is 6.26. The zero-order valence-corrected chi connectivity index (χ0v) is 21.1. The third kappa shape index (κ3) is 6.53. The summed E-state index contributed by atoms with van der Waals surface area (Å²) in [5.41, 5.74) is 8.80. The first-order valence-electron chi connectivity index (χ1n) is 12.5. The van der Waals surface area contributed by atoms with Crippen LogP contribution in [0.25, 0.3) is 11.1 Å². The Bertz CT molecular complexity index is 1330. The molecule has 2 N–H and O–H groups in total. The molecule has 36 heavy (non-hydrogen) atoms. The van der Waals surface area contributed by atoms with Gasteiger partial charge in [0.15, 0.2) is 0 Å². The molecule has 0 aliphatic heterocycles. The van der Waals surface area contributed by atoms with Crippen molar-refractivity contribution in [3.8, 4) is 22.9 Å². The Hall–Kier alpha value is -4.07. The van der Waals surface area contributed by atoms with Gasteiger partial charge in [-0.25, -0.2) is 0 Å². The summed E-state index contributed by atoms with van der Waals surface area (Å²) in [5, 5.41) is 16.3. The minimum atomic E-state index is 0.415. The molecule has 4 heteroatoms. The molecule has 0 radical (unpaired) electrons. The Balaban J connectivity index is 1.50. The van der Waals surface area contributed by atoms with Gasteiger partial charge in [-0.3, -0.25) is 0 Å². The fourth-order valence-corrected chi connectivity index (χ4v) is 4.24. The second kappa shape index (κ2) is 12.6. The van der Waals surface area contributed by atoms with Gasteiger partial charge >= 0.3 is 0 Å². The second-order valence-electron chi connectivity index (χ2n) is 8.91. The van der Waals surface area contributed by atoms with Crippen LogP contribution in [-0.2, 0) is 19.7 Å². The summed E-state index contributed by atoms with van der Waals surface area (Å²) in [6, 6.07) is 33.1. The van der Waals surface area contributed by atoms with Crippen molar-refractivity contribution in [1.82, 2.24) is 5.32 Å². The third-order valence-electron chi connectivity index (χ3n) is 6.27. The van der Waals surface area contributed by atoms with Gasteiger partial charge in [-0.1, -0.05) is 73.7 Å². The van der Waals surface area contributed by atoms with Crippen LogP contribution in [0.15, 0.2) is 91.0 Å². The number of anilines is 1. The second-order valence-corrected chi connectivity index (χ2v) is 8.91. The van der Waals surface area contributed by atoms with Crippen molar-refractivity contribution in [3.63, 3.8) is 0 Å². The minimum absolute atomic E-state index is 0.415. The molecular formula is C32H33N3O. The molecule has 182 valence electrons. The summed E-state index contributed by atoms with van der Waals surface area (Å²) in [6.07, 6.45) is 1.08. The van der Waals surface area contributed by atoms with Crippen LogP contribution in [0.5, 0.6) is 5.75 Å². The van der Waals surface area contributed by atoms with Crippen LogP contribution in [0.2, 0.25) is 0 Å². The van der Waals surface area contributed by atoms with Gasteiger partial charge in [0, 0.05) is 30.4 Å². The van der Waals surface area contributed by atoms with Crippen LogP contribution in [-0.4, -0.2) is 6.54 Å². The molecular weight excluding hydrogens is 442 g/mol. The van der Waals surface area contributed by atoms with Crippen LogP contribution in [0.3, 0.4) is 0 Å². The number of nitrogens with one attached hydrogen (secondary N) is 2. The molecule has 0 saturated carbocycles. The van der Waals surface area contributed by atoms with Crippen molar-refractivity contribution < 1.29 is 4.74 Å². The minimum Gasteiger partial charge on any atom is -0.488 e. The zero-order chi connectivity index (χ0) is 25.2. The molecule has 0 amide bonds. The van der Waals surface area contributed by atoms with E-state index < -0.39 is 0 Å². The highest BCUT2D eigenvalue weighted by Gasteiger charge is 2.09. The van der Waals surface area contributed by atoms with Gasteiger partial charge < -0.3 is 15.4 Å². The van der Waals surface area contributed by atoms with E-state index in [1.165, 1.54) is 22.3 Å². The smallest absolute Gasteiger partial charge is 0.126 e. The fourth-order valence-electron chi connectivity index (χ4n) is 4.24. The summed E-state index contributed by atoms with van der Waals surface area (Å²) in [7, 11) is 0. The fraction of sp³-hybridized carbons (Fsp3) is 0.219. The molecule has 0 spiro atoms. The van der Waals surface area contributed by atoms with Crippen molar-refractivity contribution in [3.05, 3.63) is 119 Å². The van der Waals surface area contributed by atoms with Crippen molar-refractivity contribution >= 4 is 5.69 Å². The van der Waals surface area contributed by atoms with Gasteiger partial charge in [0.1, 0.15) is 12.4 Å². The molecule has 0 fully saturated rings. The molecule has 4 rings (SSSR count). The lowest BCUT2D eigenvalue weighted by molar-refractivity contribution is 0.302. The van der Waals surface area contributed by atoms with Crippen LogP contribution in [0, 0.1) is 18.3 Å². The van der Waals surface area contributed by atoms with Crippen LogP contribution in [0.4, 0.5) is 5.69 Å². The Morgan fingerprint density at radius 1 is 0.833 bits per heavy atom. The largest absolute Gasteiger partial charge is 0.488 e. The molecule has 0 aliphatic rings. The van der Waals surface area contributed by atoms with E-state index in [9.17, 15) is 5.26 Å². The number of benzene rings is 4. The zero-order valence-electron chi connectivity index (χ0n) is 21.1. The van der Waals surface area contributed by atoms with Crippen LogP contribution >= 0.6 is 0 Å². The predicted octanol–water partition coefficient (Wildman–Crippen LogP) is 7.22. The number of nitriles is 1. The monoisotopic (exact) mass is 475 g/mol. The highest BCUT2D eigenvalue weighted by molar-refractivity contribution is 5.68. The van der Waals surface area contributed by atoms with E-state index in [4.69, 9.17) is 4.74 Å². The molecule has 0 heterocycles. The highest BCUT2D eigenvalue weighted by atomic mass is 16.5. The Labute approximate surface area is 214 Å². The summed E-state index contributed by atoms with van der Waals surface area (Å²) in [6.45, 7) is 7.20. The van der Waals surface area contributed by atoms with Crippen molar-refractivity contribution in [2.24, 2.45) is 0 Å². The van der Waals surface area contributed by atoms with Gasteiger partial charge in [0.2, 0.25) is 0 Å². The maximum Gasteiger partial charge on any atom is 0.126 e. The Kier molecular flexibility index (Phi) is 8.75. The molecule has 4 nitrogen and oxygen atoms in total. The average Bonchev–Trinajstić information content (AvgIpc) is 2.93. The van der Waals surface area contributed by atoms with Gasteiger partial charge in [0.05, 0.1) is 11.6 Å². The summed E-state index contributed by atoms with van der Waals surface area (Å²) >= 11 is 0. The highest BCUT2D eigenvalue weighted by Crippen LogP contribution is 2.28. The van der Waals surface area contributed by atoms with E-state index in [1.54, 1.807) is 0 Å². The molecule has 0 unspecified atom stereocenters. The van der Waals surface area contributed by atoms with Gasteiger partial charge in [0.25, 0.3) is 0 Å². The number of ether oxygens (including phenoxy) is 1. The topological polar surface area (TPSA) is 57.1 Å². The number of rotatable bonds is 11. The van der Waals surface area contributed by atoms with Gasteiger partial charge in [-0.15, -0.1) is 0 Å². The van der Waals surface area contributed by atoms with E-state index >= 15 is 0 Å². The normalized spacial score (nSPS) is 10.6.